The van der Waals surface area contributed by atoms with Crippen LogP contribution in [0.1, 0.15) is 35.7 Å². The normalized spacial score (nSPS) is 17.3. The van der Waals surface area contributed by atoms with Gasteiger partial charge >= 0.3 is 0 Å². The second kappa shape index (κ2) is 7.39. The number of piperidine rings is 1. The SMILES string of the molecule is Cc1cccc(C)c1OCC(=O)N1CCCC(c2nnc3ccccn23)C1. The number of likely N-dealkylation sites (tertiary alicyclic amines) is 1. The lowest BCUT2D eigenvalue weighted by Gasteiger charge is -2.32. The van der Waals surface area contributed by atoms with Crippen LogP contribution in [0.15, 0.2) is 42.6 Å². The second-order valence-electron chi connectivity index (χ2n) is 7.18. The van der Waals surface area contributed by atoms with E-state index in [4.69, 9.17) is 4.74 Å². The van der Waals surface area contributed by atoms with Crippen LogP contribution in [0, 0.1) is 13.8 Å². The maximum Gasteiger partial charge on any atom is 0.260 e. The molecule has 0 bridgehead atoms. The van der Waals surface area contributed by atoms with Crippen molar-refractivity contribution >= 4 is 11.6 Å². The Hall–Kier alpha value is -2.89. The molecule has 1 saturated heterocycles. The number of hydrogen-bond donors (Lipinski definition) is 0. The highest BCUT2D eigenvalue weighted by Crippen LogP contribution is 2.27. The third kappa shape index (κ3) is 3.52. The molecule has 1 fully saturated rings. The lowest BCUT2D eigenvalue weighted by molar-refractivity contribution is -0.134. The first-order chi connectivity index (χ1) is 13.1. The van der Waals surface area contributed by atoms with E-state index in [-0.39, 0.29) is 18.4 Å². The van der Waals surface area contributed by atoms with E-state index in [9.17, 15) is 4.79 Å². The number of amides is 1. The molecule has 0 spiro atoms. The van der Waals surface area contributed by atoms with Crippen LogP contribution in [0.25, 0.3) is 5.65 Å². The zero-order valence-corrected chi connectivity index (χ0v) is 15.8. The molecule has 4 rings (SSSR count). The van der Waals surface area contributed by atoms with Gasteiger partial charge in [0, 0.05) is 25.2 Å². The molecule has 0 radical (unpaired) electrons. The quantitative estimate of drug-likeness (QED) is 0.714. The summed E-state index contributed by atoms with van der Waals surface area (Å²) in [6.07, 6.45) is 3.95. The van der Waals surface area contributed by atoms with E-state index in [1.54, 1.807) is 0 Å². The van der Waals surface area contributed by atoms with Crippen molar-refractivity contribution in [3.8, 4) is 5.75 Å². The Kier molecular flexibility index (Phi) is 4.79. The van der Waals surface area contributed by atoms with Gasteiger partial charge in [-0.1, -0.05) is 24.3 Å². The average molecular weight is 364 g/mol. The van der Waals surface area contributed by atoms with E-state index in [2.05, 4.69) is 10.2 Å². The predicted octanol–water partition coefficient (Wildman–Crippen LogP) is 3.13. The lowest BCUT2D eigenvalue weighted by Crippen LogP contribution is -2.42. The molecule has 3 heterocycles. The number of benzene rings is 1. The van der Waals surface area contributed by atoms with Crippen LogP contribution in [-0.4, -0.2) is 45.1 Å². The van der Waals surface area contributed by atoms with Gasteiger partial charge in [-0.25, -0.2) is 0 Å². The molecule has 1 aromatic carbocycles. The molecular formula is C21H24N4O2. The van der Waals surface area contributed by atoms with Gasteiger partial charge in [-0.2, -0.15) is 0 Å². The van der Waals surface area contributed by atoms with Crippen molar-refractivity contribution in [1.82, 2.24) is 19.5 Å². The van der Waals surface area contributed by atoms with E-state index in [0.717, 1.165) is 47.7 Å². The Balaban J connectivity index is 1.44. The minimum absolute atomic E-state index is 0.0242. The molecule has 6 nitrogen and oxygen atoms in total. The molecule has 0 N–H and O–H groups in total. The highest BCUT2D eigenvalue weighted by atomic mass is 16.5. The number of aromatic nitrogens is 3. The molecule has 1 aliphatic heterocycles. The van der Waals surface area contributed by atoms with E-state index >= 15 is 0 Å². The van der Waals surface area contributed by atoms with Crippen molar-refractivity contribution in [2.75, 3.05) is 19.7 Å². The smallest absolute Gasteiger partial charge is 0.260 e. The van der Waals surface area contributed by atoms with Crippen molar-refractivity contribution in [3.63, 3.8) is 0 Å². The van der Waals surface area contributed by atoms with E-state index < -0.39 is 0 Å². The number of ether oxygens (including phenoxy) is 1. The van der Waals surface area contributed by atoms with Crippen molar-refractivity contribution in [3.05, 3.63) is 59.5 Å². The number of aryl methyl sites for hydroxylation is 2. The summed E-state index contributed by atoms with van der Waals surface area (Å²) in [5.74, 6) is 1.96. The van der Waals surface area contributed by atoms with Crippen molar-refractivity contribution in [2.45, 2.75) is 32.6 Å². The molecule has 2 aromatic heterocycles. The maximum absolute atomic E-state index is 12.7. The van der Waals surface area contributed by atoms with Crippen molar-refractivity contribution < 1.29 is 9.53 Å². The van der Waals surface area contributed by atoms with Gasteiger partial charge in [0.05, 0.1) is 0 Å². The topological polar surface area (TPSA) is 59.7 Å². The number of carbonyl (C=O) groups excluding carboxylic acids is 1. The van der Waals surface area contributed by atoms with Crippen LogP contribution in [-0.2, 0) is 4.79 Å². The molecule has 0 aliphatic carbocycles. The number of fused-ring (bicyclic) bond motifs is 1. The minimum atomic E-state index is 0.0242. The molecule has 3 aromatic rings. The number of nitrogens with zero attached hydrogens (tertiary/aromatic N) is 4. The summed E-state index contributed by atoms with van der Waals surface area (Å²) in [6, 6.07) is 11.9. The summed E-state index contributed by atoms with van der Waals surface area (Å²) in [7, 11) is 0. The summed E-state index contributed by atoms with van der Waals surface area (Å²) >= 11 is 0. The van der Waals surface area contributed by atoms with Gasteiger partial charge in [0.25, 0.3) is 5.91 Å². The monoisotopic (exact) mass is 364 g/mol. The van der Waals surface area contributed by atoms with E-state index in [1.165, 1.54) is 0 Å². The first-order valence-electron chi connectivity index (χ1n) is 9.40. The highest BCUT2D eigenvalue weighted by Gasteiger charge is 2.28. The summed E-state index contributed by atoms with van der Waals surface area (Å²) in [4.78, 5) is 14.6. The number of para-hydroxylation sites is 1. The third-order valence-corrected chi connectivity index (χ3v) is 5.23. The van der Waals surface area contributed by atoms with Gasteiger partial charge in [0.1, 0.15) is 11.6 Å². The van der Waals surface area contributed by atoms with E-state index in [1.807, 2.05) is 65.7 Å². The Labute approximate surface area is 158 Å². The summed E-state index contributed by atoms with van der Waals surface area (Å²) < 4.78 is 7.87. The van der Waals surface area contributed by atoms with Gasteiger partial charge in [-0.15, -0.1) is 10.2 Å². The van der Waals surface area contributed by atoms with Crippen LogP contribution in [0.5, 0.6) is 5.75 Å². The zero-order valence-electron chi connectivity index (χ0n) is 15.8. The van der Waals surface area contributed by atoms with Crippen LogP contribution in [0.4, 0.5) is 0 Å². The number of rotatable bonds is 4. The summed E-state index contributed by atoms with van der Waals surface area (Å²) in [5.41, 5.74) is 2.94. The molecule has 140 valence electrons. The molecule has 1 atom stereocenters. The molecule has 1 aliphatic rings. The number of carbonyl (C=O) groups is 1. The zero-order chi connectivity index (χ0) is 18.8. The Morgan fingerprint density at radius 1 is 1.15 bits per heavy atom. The fourth-order valence-corrected chi connectivity index (χ4v) is 3.80. The van der Waals surface area contributed by atoms with Crippen LogP contribution in [0.2, 0.25) is 0 Å². The standard InChI is InChI=1S/C21H24N4O2/c1-15-7-5-8-16(2)20(15)27-14-19(26)24-11-6-9-17(13-24)21-23-22-18-10-3-4-12-25(18)21/h3-5,7-8,10,12,17H,6,9,11,13-14H2,1-2H3. The summed E-state index contributed by atoms with van der Waals surface area (Å²) in [5, 5.41) is 8.62. The Bertz CT molecular complexity index is 945. The van der Waals surface area contributed by atoms with Crippen molar-refractivity contribution in [2.24, 2.45) is 0 Å². The molecule has 1 unspecified atom stereocenters. The van der Waals surface area contributed by atoms with Gasteiger partial charge in [-0.05, 0) is 49.9 Å². The predicted molar refractivity (Wildman–Crippen MR) is 103 cm³/mol. The number of pyridine rings is 1. The molecule has 0 saturated carbocycles. The largest absolute Gasteiger partial charge is 0.483 e. The van der Waals surface area contributed by atoms with Crippen LogP contribution in [0.3, 0.4) is 0 Å². The first-order valence-corrected chi connectivity index (χ1v) is 9.40. The van der Waals surface area contributed by atoms with Crippen molar-refractivity contribution in [1.29, 1.82) is 0 Å². The van der Waals surface area contributed by atoms with Crippen LogP contribution < -0.4 is 4.74 Å². The van der Waals surface area contributed by atoms with Gasteiger partial charge in [-0.3, -0.25) is 9.20 Å². The molecule has 27 heavy (non-hydrogen) atoms. The first kappa shape index (κ1) is 17.5. The molecule has 6 heteroatoms. The minimum Gasteiger partial charge on any atom is -0.483 e. The third-order valence-electron chi connectivity index (χ3n) is 5.23. The molecule has 1 amide bonds. The lowest BCUT2D eigenvalue weighted by atomic mass is 9.97. The van der Waals surface area contributed by atoms with E-state index in [0.29, 0.717) is 6.54 Å². The fourth-order valence-electron chi connectivity index (χ4n) is 3.80. The van der Waals surface area contributed by atoms with Gasteiger partial charge < -0.3 is 9.64 Å². The summed E-state index contributed by atoms with van der Waals surface area (Å²) in [6.45, 7) is 5.49. The fraction of sp³-hybridized carbons (Fsp3) is 0.381. The van der Waals surface area contributed by atoms with Gasteiger partial charge in [0.15, 0.2) is 12.3 Å². The Morgan fingerprint density at radius 3 is 2.78 bits per heavy atom. The molecular weight excluding hydrogens is 340 g/mol. The Morgan fingerprint density at radius 2 is 1.96 bits per heavy atom. The van der Waals surface area contributed by atoms with Gasteiger partial charge in [0.2, 0.25) is 0 Å². The van der Waals surface area contributed by atoms with Crippen LogP contribution >= 0.6 is 0 Å². The highest BCUT2D eigenvalue weighted by molar-refractivity contribution is 5.78. The number of hydrogen-bond acceptors (Lipinski definition) is 4. The maximum atomic E-state index is 12.7. The second-order valence-corrected chi connectivity index (χ2v) is 7.18. The average Bonchev–Trinajstić information content (AvgIpc) is 3.12.